The molecule has 1 amide bonds. The van der Waals surface area contributed by atoms with Gasteiger partial charge in [0.2, 0.25) is 5.91 Å². The molecule has 1 unspecified atom stereocenters. The fourth-order valence-electron chi connectivity index (χ4n) is 3.68. The molecule has 0 radical (unpaired) electrons. The number of carbonyl (C=O) groups is 2. The first kappa shape index (κ1) is 17.2. The SMILES string of the molecule is O=C1c2ccccc2CC1C(=O)N(Cc1ccccc1)Cc1ccccc1. The second kappa shape index (κ2) is 7.58. The highest BCUT2D eigenvalue weighted by Gasteiger charge is 2.37. The molecule has 0 saturated carbocycles. The zero-order valence-electron chi connectivity index (χ0n) is 15.0. The molecule has 3 nitrogen and oxygen atoms in total. The van der Waals surface area contributed by atoms with Crippen molar-refractivity contribution in [3.63, 3.8) is 0 Å². The van der Waals surface area contributed by atoms with E-state index in [1.165, 1.54) is 0 Å². The third kappa shape index (κ3) is 3.68. The van der Waals surface area contributed by atoms with Crippen molar-refractivity contribution in [1.82, 2.24) is 4.90 Å². The van der Waals surface area contributed by atoms with Crippen LogP contribution in [0.3, 0.4) is 0 Å². The maximum absolute atomic E-state index is 13.3. The Balaban J connectivity index is 1.60. The van der Waals surface area contributed by atoms with E-state index in [9.17, 15) is 9.59 Å². The summed E-state index contributed by atoms with van der Waals surface area (Å²) >= 11 is 0. The van der Waals surface area contributed by atoms with Gasteiger partial charge in [-0.25, -0.2) is 0 Å². The molecule has 1 aliphatic carbocycles. The van der Waals surface area contributed by atoms with Crippen LogP contribution in [0.1, 0.15) is 27.0 Å². The van der Waals surface area contributed by atoms with E-state index in [0.717, 1.165) is 16.7 Å². The van der Waals surface area contributed by atoms with Crippen LogP contribution in [0.2, 0.25) is 0 Å². The molecule has 0 spiro atoms. The number of amides is 1. The summed E-state index contributed by atoms with van der Waals surface area (Å²) < 4.78 is 0. The summed E-state index contributed by atoms with van der Waals surface area (Å²) in [6.45, 7) is 0.989. The third-order valence-corrected chi connectivity index (χ3v) is 5.07. The highest BCUT2D eigenvalue weighted by atomic mass is 16.2. The Kier molecular flexibility index (Phi) is 4.84. The van der Waals surface area contributed by atoms with Crippen LogP contribution >= 0.6 is 0 Å². The van der Waals surface area contributed by atoms with E-state index in [1.54, 1.807) is 4.90 Å². The van der Waals surface area contributed by atoms with Gasteiger partial charge in [-0.2, -0.15) is 0 Å². The van der Waals surface area contributed by atoms with Crippen LogP contribution in [0.5, 0.6) is 0 Å². The second-order valence-corrected chi connectivity index (χ2v) is 6.94. The van der Waals surface area contributed by atoms with Gasteiger partial charge in [0.25, 0.3) is 0 Å². The topological polar surface area (TPSA) is 37.4 Å². The molecule has 134 valence electrons. The molecule has 3 aromatic rings. The molecule has 0 heterocycles. The number of benzene rings is 3. The number of hydrogen-bond acceptors (Lipinski definition) is 2. The van der Waals surface area contributed by atoms with Gasteiger partial charge >= 0.3 is 0 Å². The standard InChI is InChI=1S/C24H21NO2/c26-23-21-14-8-7-13-20(21)15-22(23)24(27)25(16-18-9-3-1-4-10-18)17-19-11-5-2-6-12-19/h1-14,22H,15-17H2. The molecular formula is C24H21NO2. The molecule has 1 aliphatic rings. The molecule has 0 aromatic heterocycles. The summed E-state index contributed by atoms with van der Waals surface area (Å²) in [6.07, 6.45) is 0.494. The quantitative estimate of drug-likeness (QED) is 0.641. The highest BCUT2D eigenvalue weighted by Crippen LogP contribution is 2.29. The van der Waals surface area contributed by atoms with Gasteiger partial charge < -0.3 is 4.90 Å². The first-order valence-corrected chi connectivity index (χ1v) is 9.21. The number of Topliss-reactive ketones (excluding diaryl/α,β-unsaturated/α-hetero) is 1. The van der Waals surface area contributed by atoms with E-state index < -0.39 is 5.92 Å². The summed E-state index contributed by atoms with van der Waals surface area (Å²) in [5.41, 5.74) is 3.78. The van der Waals surface area contributed by atoms with Crippen LogP contribution in [0.15, 0.2) is 84.9 Å². The minimum atomic E-state index is -0.616. The van der Waals surface area contributed by atoms with E-state index in [2.05, 4.69) is 0 Å². The maximum Gasteiger partial charge on any atom is 0.234 e. The van der Waals surface area contributed by atoms with E-state index in [-0.39, 0.29) is 11.7 Å². The molecule has 3 heteroatoms. The lowest BCUT2D eigenvalue weighted by molar-refractivity contribution is -0.135. The van der Waals surface area contributed by atoms with Crippen LogP contribution < -0.4 is 0 Å². The summed E-state index contributed by atoms with van der Waals surface area (Å²) in [7, 11) is 0. The lowest BCUT2D eigenvalue weighted by Gasteiger charge is -2.25. The van der Waals surface area contributed by atoms with Crippen molar-refractivity contribution in [2.75, 3.05) is 0 Å². The number of fused-ring (bicyclic) bond motifs is 1. The lowest BCUT2D eigenvalue weighted by atomic mass is 10.0. The Morgan fingerprint density at radius 1 is 0.778 bits per heavy atom. The first-order valence-electron chi connectivity index (χ1n) is 9.21. The highest BCUT2D eigenvalue weighted by molar-refractivity contribution is 6.13. The largest absolute Gasteiger partial charge is 0.333 e. The van der Waals surface area contributed by atoms with Crippen molar-refractivity contribution in [2.24, 2.45) is 5.92 Å². The maximum atomic E-state index is 13.3. The van der Waals surface area contributed by atoms with Crippen molar-refractivity contribution in [3.05, 3.63) is 107 Å². The summed E-state index contributed by atoms with van der Waals surface area (Å²) in [6, 6.07) is 27.4. The average molecular weight is 355 g/mol. The Labute approximate surface area is 159 Å². The number of ketones is 1. The Hall–Kier alpha value is -3.20. The lowest BCUT2D eigenvalue weighted by Crippen LogP contribution is -2.37. The van der Waals surface area contributed by atoms with Gasteiger partial charge in [0.15, 0.2) is 5.78 Å². The van der Waals surface area contributed by atoms with Crippen LogP contribution in [0, 0.1) is 5.92 Å². The van der Waals surface area contributed by atoms with Gasteiger partial charge in [-0.05, 0) is 23.1 Å². The molecule has 27 heavy (non-hydrogen) atoms. The van der Waals surface area contributed by atoms with Crippen molar-refractivity contribution in [1.29, 1.82) is 0 Å². The van der Waals surface area contributed by atoms with Crippen LogP contribution in [-0.4, -0.2) is 16.6 Å². The molecule has 4 rings (SSSR count). The van der Waals surface area contributed by atoms with E-state index in [1.807, 2.05) is 84.9 Å². The fourth-order valence-corrected chi connectivity index (χ4v) is 3.68. The van der Waals surface area contributed by atoms with Gasteiger partial charge in [-0.3, -0.25) is 9.59 Å². The average Bonchev–Trinajstić information content (AvgIpc) is 3.05. The van der Waals surface area contributed by atoms with Gasteiger partial charge in [0.1, 0.15) is 5.92 Å². The molecular weight excluding hydrogens is 334 g/mol. The normalized spacial score (nSPS) is 15.4. The number of rotatable bonds is 5. The van der Waals surface area contributed by atoms with Gasteiger partial charge in [0, 0.05) is 18.7 Å². The predicted octanol–water partition coefficient (Wildman–Crippen LogP) is 4.27. The Bertz CT molecular complexity index is 909. The molecule has 0 aliphatic heterocycles. The molecule has 0 fully saturated rings. The molecule has 3 aromatic carbocycles. The number of nitrogens with zero attached hydrogens (tertiary/aromatic N) is 1. The molecule has 0 N–H and O–H groups in total. The van der Waals surface area contributed by atoms with Crippen LogP contribution in [0.4, 0.5) is 0 Å². The monoisotopic (exact) mass is 355 g/mol. The third-order valence-electron chi connectivity index (χ3n) is 5.07. The first-order chi connectivity index (χ1) is 13.2. The second-order valence-electron chi connectivity index (χ2n) is 6.94. The molecule has 1 atom stereocenters. The summed E-state index contributed by atoms with van der Waals surface area (Å²) in [5, 5.41) is 0. The number of hydrogen-bond donors (Lipinski definition) is 0. The van der Waals surface area contributed by atoms with Crippen molar-refractivity contribution < 1.29 is 9.59 Å². The zero-order valence-corrected chi connectivity index (χ0v) is 15.0. The van der Waals surface area contributed by atoms with Crippen LogP contribution in [0.25, 0.3) is 0 Å². The zero-order chi connectivity index (χ0) is 18.6. The number of carbonyl (C=O) groups excluding carboxylic acids is 2. The van der Waals surface area contributed by atoms with E-state index >= 15 is 0 Å². The fraction of sp³-hybridized carbons (Fsp3) is 0.167. The molecule has 0 bridgehead atoms. The van der Waals surface area contributed by atoms with Gasteiger partial charge in [-0.15, -0.1) is 0 Å². The van der Waals surface area contributed by atoms with E-state index in [4.69, 9.17) is 0 Å². The Morgan fingerprint density at radius 3 is 1.85 bits per heavy atom. The predicted molar refractivity (Wildman–Crippen MR) is 105 cm³/mol. The molecule has 0 saturated heterocycles. The van der Waals surface area contributed by atoms with Crippen molar-refractivity contribution >= 4 is 11.7 Å². The smallest absolute Gasteiger partial charge is 0.234 e. The van der Waals surface area contributed by atoms with Gasteiger partial charge in [-0.1, -0.05) is 84.9 Å². The Morgan fingerprint density at radius 2 is 1.30 bits per heavy atom. The summed E-state index contributed by atoms with van der Waals surface area (Å²) in [4.78, 5) is 27.9. The minimum absolute atomic E-state index is 0.0540. The van der Waals surface area contributed by atoms with Crippen molar-refractivity contribution in [2.45, 2.75) is 19.5 Å². The van der Waals surface area contributed by atoms with Crippen molar-refractivity contribution in [3.8, 4) is 0 Å². The minimum Gasteiger partial charge on any atom is -0.333 e. The van der Waals surface area contributed by atoms with Crippen LogP contribution in [-0.2, 0) is 24.3 Å². The van der Waals surface area contributed by atoms with E-state index in [0.29, 0.717) is 25.1 Å². The van der Waals surface area contributed by atoms with Gasteiger partial charge in [0.05, 0.1) is 0 Å². The summed E-state index contributed by atoms with van der Waals surface area (Å²) in [5.74, 6) is -0.763.